The Morgan fingerprint density at radius 1 is 1.22 bits per heavy atom. The van der Waals surface area contributed by atoms with Gasteiger partial charge in [0.1, 0.15) is 5.75 Å². The number of aryl methyl sites for hydroxylation is 1. The number of ether oxygens (including phenoxy) is 1. The Labute approximate surface area is 125 Å². The first-order valence-electron chi connectivity index (χ1n) is 5.26. The molecule has 0 radical (unpaired) electrons. The molecule has 0 fully saturated rings. The lowest BCUT2D eigenvalue weighted by molar-refractivity contribution is 0.411. The van der Waals surface area contributed by atoms with E-state index in [1.807, 2.05) is 25.1 Å². The third-order valence-corrected chi connectivity index (χ3v) is 4.69. The number of hydrogen-bond donors (Lipinski definition) is 0. The minimum Gasteiger partial charge on any atom is -0.496 e. The quantitative estimate of drug-likeness (QED) is 0.659. The molecule has 0 aliphatic rings. The van der Waals surface area contributed by atoms with Crippen LogP contribution >= 0.6 is 46.1 Å². The normalized spacial score (nSPS) is 12.5. The molecule has 5 heteroatoms. The van der Waals surface area contributed by atoms with Crippen LogP contribution in [0.3, 0.4) is 0 Å². The van der Waals surface area contributed by atoms with Gasteiger partial charge in [0, 0.05) is 5.56 Å². The van der Waals surface area contributed by atoms with Crippen LogP contribution in [0.15, 0.2) is 24.3 Å². The maximum absolute atomic E-state index is 6.44. The van der Waals surface area contributed by atoms with E-state index < -0.39 is 0 Å². The minimum absolute atomic E-state index is 0.323. The van der Waals surface area contributed by atoms with Crippen molar-refractivity contribution >= 4 is 46.1 Å². The van der Waals surface area contributed by atoms with Gasteiger partial charge in [0.25, 0.3) is 0 Å². The van der Waals surface area contributed by atoms with E-state index in [-0.39, 0.29) is 5.38 Å². The minimum atomic E-state index is -0.323. The van der Waals surface area contributed by atoms with Gasteiger partial charge in [-0.25, -0.2) is 0 Å². The number of thiophene rings is 1. The van der Waals surface area contributed by atoms with Gasteiger partial charge in [0.2, 0.25) is 0 Å². The van der Waals surface area contributed by atoms with Gasteiger partial charge >= 0.3 is 0 Å². The smallest absolute Gasteiger partial charge is 0.122 e. The van der Waals surface area contributed by atoms with Gasteiger partial charge in [-0.15, -0.1) is 22.9 Å². The summed E-state index contributed by atoms with van der Waals surface area (Å²) in [6.07, 6.45) is 0. The maximum atomic E-state index is 6.44. The summed E-state index contributed by atoms with van der Waals surface area (Å²) in [4.78, 5) is 0. The Morgan fingerprint density at radius 3 is 2.50 bits per heavy atom. The molecule has 1 aromatic carbocycles. The second kappa shape index (κ2) is 5.70. The zero-order chi connectivity index (χ0) is 13.3. The fourth-order valence-corrected chi connectivity index (χ4v) is 3.66. The van der Waals surface area contributed by atoms with Gasteiger partial charge in [-0.3, -0.25) is 0 Å². The molecule has 1 atom stereocenters. The van der Waals surface area contributed by atoms with Crippen LogP contribution in [-0.4, -0.2) is 7.11 Å². The predicted octanol–water partition coefficient (Wildman–Crippen LogP) is 5.70. The summed E-state index contributed by atoms with van der Waals surface area (Å²) in [7, 11) is 1.64. The molecule has 0 aliphatic heterocycles. The topological polar surface area (TPSA) is 9.23 Å². The Morgan fingerprint density at radius 2 is 1.94 bits per heavy atom. The Kier molecular flexibility index (Phi) is 4.44. The molecule has 0 saturated carbocycles. The summed E-state index contributed by atoms with van der Waals surface area (Å²) in [6, 6.07) is 7.68. The molecule has 1 unspecified atom stereocenters. The van der Waals surface area contributed by atoms with E-state index in [2.05, 4.69) is 0 Å². The summed E-state index contributed by atoms with van der Waals surface area (Å²) in [5.41, 5.74) is 2.84. The molecule has 0 saturated heterocycles. The molecule has 2 aromatic rings. The highest BCUT2D eigenvalue weighted by Gasteiger charge is 2.18. The molecular formula is C13H11Cl3OS. The third kappa shape index (κ3) is 2.77. The predicted molar refractivity (Wildman–Crippen MR) is 79.8 cm³/mol. The SMILES string of the molecule is COc1cc(C(Cl)c2cc(Cl)sc2Cl)ccc1C. The third-order valence-electron chi connectivity index (χ3n) is 2.68. The lowest BCUT2D eigenvalue weighted by Gasteiger charge is -2.12. The van der Waals surface area contributed by atoms with Crippen molar-refractivity contribution in [2.75, 3.05) is 7.11 Å². The summed E-state index contributed by atoms with van der Waals surface area (Å²) < 4.78 is 6.56. The average molecular weight is 322 g/mol. The van der Waals surface area contributed by atoms with Crippen LogP contribution in [0.1, 0.15) is 22.1 Å². The number of methoxy groups -OCH3 is 1. The van der Waals surface area contributed by atoms with Crippen LogP contribution in [0.4, 0.5) is 0 Å². The lowest BCUT2D eigenvalue weighted by Crippen LogP contribution is -1.95. The molecule has 0 N–H and O–H groups in total. The number of alkyl halides is 1. The van der Waals surface area contributed by atoms with Crippen molar-refractivity contribution in [3.05, 3.63) is 49.6 Å². The molecule has 0 aliphatic carbocycles. The summed E-state index contributed by atoms with van der Waals surface area (Å²) in [5.74, 6) is 0.815. The van der Waals surface area contributed by atoms with Gasteiger partial charge < -0.3 is 4.74 Å². The Bertz CT molecular complexity index is 565. The first kappa shape index (κ1) is 14.0. The Balaban J connectivity index is 2.39. The molecule has 1 nitrogen and oxygen atoms in total. The number of halogens is 3. The molecule has 2 rings (SSSR count). The first-order chi connectivity index (χ1) is 8.52. The second-order valence-corrected chi connectivity index (χ2v) is 6.59. The highest BCUT2D eigenvalue weighted by Crippen LogP contribution is 2.41. The summed E-state index contributed by atoms with van der Waals surface area (Å²) >= 11 is 19.8. The van der Waals surface area contributed by atoms with Crippen molar-refractivity contribution < 1.29 is 4.74 Å². The molecule has 18 heavy (non-hydrogen) atoms. The van der Waals surface area contributed by atoms with Crippen molar-refractivity contribution in [1.29, 1.82) is 0 Å². The van der Waals surface area contributed by atoms with Crippen molar-refractivity contribution in [3.63, 3.8) is 0 Å². The van der Waals surface area contributed by atoms with Crippen molar-refractivity contribution in [2.45, 2.75) is 12.3 Å². The van der Waals surface area contributed by atoms with E-state index in [9.17, 15) is 0 Å². The largest absolute Gasteiger partial charge is 0.496 e. The van der Waals surface area contributed by atoms with Crippen LogP contribution in [-0.2, 0) is 0 Å². The van der Waals surface area contributed by atoms with Crippen LogP contribution in [0.5, 0.6) is 5.75 Å². The van der Waals surface area contributed by atoms with Crippen molar-refractivity contribution in [2.24, 2.45) is 0 Å². The van der Waals surface area contributed by atoms with Crippen molar-refractivity contribution in [3.8, 4) is 5.75 Å². The zero-order valence-electron chi connectivity index (χ0n) is 9.84. The van der Waals surface area contributed by atoms with E-state index >= 15 is 0 Å². The van der Waals surface area contributed by atoms with Gasteiger partial charge in [-0.1, -0.05) is 35.3 Å². The second-order valence-electron chi connectivity index (χ2n) is 3.87. The number of hydrogen-bond acceptors (Lipinski definition) is 2. The van der Waals surface area contributed by atoms with Crippen LogP contribution in [0, 0.1) is 6.92 Å². The average Bonchev–Trinajstić information content (AvgIpc) is 2.68. The standard InChI is InChI=1S/C13H11Cl3OS/c1-7-3-4-8(5-10(7)17-2)12(15)9-6-11(14)18-13(9)16/h3-6,12H,1-2H3. The van der Waals surface area contributed by atoms with Gasteiger partial charge in [0.05, 0.1) is 21.2 Å². The van der Waals surface area contributed by atoms with E-state index in [1.54, 1.807) is 13.2 Å². The van der Waals surface area contributed by atoms with Gasteiger partial charge in [-0.05, 0) is 30.2 Å². The van der Waals surface area contributed by atoms with E-state index in [0.29, 0.717) is 8.67 Å². The van der Waals surface area contributed by atoms with E-state index in [4.69, 9.17) is 39.5 Å². The zero-order valence-corrected chi connectivity index (χ0v) is 12.9. The fourth-order valence-electron chi connectivity index (χ4n) is 1.70. The van der Waals surface area contributed by atoms with E-state index in [1.165, 1.54) is 11.3 Å². The van der Waals surface area contributed by atoms with Crippen LogP contribution in [0.25, 0.3) is 0 Å². The Hall–Kier alpha value is -0.410. The molecule has 1 heterocycles. The number of benzene rings is 1. The molecule has 1 aromatic heterocycles. The molecular weight excluding hydrogens is 311 g/mol. The molecule has 0 amide bonds. The molecule has 0 spiro atoms. The first-order valence-corrected chi connectivity index (χ1v) is 7.27. The number of rotatable bonds is 3. The van der Waals surface area contributed by atoms with Crippen LogP contribution in [0.2, 0.25) is 8.67 Å². The van der Waals surface area contributed by atoms with Gasteiger partial charge in [-0.2, -0.15) is 0 Å². The van der Waals surface area contributed by atoms with Gasteiger partial charge in [0.15, 0.2) is 0 Å². The van der Waals surface area contributed by atoms with Crippen molar-refractivity contribution in [1.82, 2.24) is 0 Å². The summed E-state index contributed by atoms with van der Waals surface area (Å²) in [5, 5.41) is -0.323. The fraction of sp³-hybridized carbons (Fsp3) is 0.231. The lowest BCUT2D eigenvalue weighted by atomic mass is 10.0. The van der Waals surface area contributed by atoms with E-state index in [0.717, 1.165) is 22.4 Å². The molecule has 0 bridgehead atoms. The highest BCUT2D eigenvalue weighted by molar-refractivity contribution is 7.20. The molecule has 96 valence electrons. The van der Waals surface area contributed by atoms with Crippen LogP contribution < -0.4 is 4.74 Å². The maximum Gasteiger partial charge on any atom is 0.122 e. The summed E-state index contributed by atoms with van der Waals surface area (Å²) in [6.45, 7) is 1.99. The monoisotopic (exact) mass is 320 g/mol. The highest BCUT2D eigenvalue weighted by atomic mass is 35.5.